The van der Waals surface area contributed by atoms with Gasteiger partial charge in [0, 0.05) is 23.2 Å². The van der Waals surface area contributed by atoms with Crippen LogP contribution in [0, 0.1) is 6.92 Å². The molecular weight excluding hydrogens is 378 g/mol. The van der Waals surface area contributed by atoms with Crippen molar-refractivity contribution in [2.24, 2.45) is 0 Å². The van der Waals surface area contributed by atoms with Gasteiger partial charge in [-0.05, 0) is 56.1 Å². The fourth-order valence-corrected chi connectivity index (χ4v) is 4.87. The third-order valence-corrected chi connectivity index (χ3v) is 6.68. The second kappa shape index (κ2) is 7.97. The van der Waals surface area contributed by atoms with Crippen LogP contribution in [0.25, 0.3) is 10.2 Å². The molecule has 0 bridgehead atoms. The lowest BCUT2D eigenvalue weighted by Gasteiger charge is -2.31. The number of nitrogens with one attached hydrogen (secondary N) is 1. The molecule has 1 fully saturated rings. The summed E-state index contributed by atoms with van der Waals surface area (Å²) >= 11 is 7.92. The number of halogens is 1. The Morgan fingerprint density at radius 2 is 2.15 bits per heavy atom. The quantitative estimate of drug-likeness (QED) is 0.665. The number of para-hydroxylation sites is 1. The Hall–Kier alpha value is -1.95. The van der Waals surface area contributed by atoms with E-state index in [0.717, 1.165) is 42.7 Å². The fraction of sp³-hybridized carbons (Fsp3) is 0.333. The number of nitrogens with zero attached hydrogens (tertiary/aromatic N) is 2. The van der Waals surface area contributed by atoms with Gasteiger partial charge >= 0.3 is 0 Å². The fourth-order valence-electron chi connectivity index (χ4n) is 3.60. The van der Waals surface area contributed by atoms with Gasteiger partial charge in [-0.25, -0.2) is 4.98 Å². The predicted molar refractivity (Wildman–Crippen MR) is 113 cm³/mol. The summed E-state index contributed by atoms with van der Waals surface area (Å²) in [5.74, 6) is 0.405. The summed E-state index contributed by atoms with van der Waals surface area (Å²) in [6.07, 6.45) is 2.22. The van der Waals surface area contributed by atoms with E-state index in [1.807, 2.05) is 31.2 Å². The third kappa shape index (κ3) is 4.15. The molecule has 2 aromatic carbocycles. The zero-order valence-corrected chi connectivity index (χ0v) is 16.8. The van der Waals surface area contributed by atoms with Crippen molar-refractivity contribution < 1.29 is 4.79 Å². The van der Waals surface area contributed by atoms with Crippen LogP contribution < -0.4 is 5.32 Å². The van der Waals surface area contributed by atoms with Gasteiger partial charge in [0.25, 0.3) is 0 Å². The first-order valence-electron chi connectivity index (χ1n) is 9.23. The van der Waals surface area contributed by atoms with Gasteiger partial charge < -0.3 is 5.32 Å². The van der Waals surface area contributed by atoms with Gasteiger partial charge in [0.1, 0.15) is 0 Å². The number of carbonyl (C=O) groups is 1. The zero-order chi connectivity index (χ0) is 18.8. The molecule has 3 aromatic rings. The van der Waals surface area contributed by atoms with Crippen LogP contribution in [0.3, 0.4) is 0 Å². The molecule has 0 aliphatic carbocycles. The normalized spacial score (nSPS) is 17.9. The third-order valence-electron chi connectivity index (χ3n) is 5.07. The Balaban J connectivity index is 1.40. The number of rotatable bonds is 4. The van der Waals surface area contributed by atoms with Gasteiger partial charge in [0.05, 0.1) is 21.8 Å². The summed E-state index contributed by atoms with van der Waals surface area (Å²) in [5, 5.41) is 4.85. The summed E-state index contributed by atoms with van der Waals surface area (Å²) in [6.45, 7) is 4.14. The van der Waals surface area contributed by atoms with Crippen molar-refractivity contribution in [1.29, 1.82) is 0 Å². The maximum absolute atomic E-state index is 12.5. The lowest BCUT2D eigenvalue weighted by molar-refractivity contribution is -0.117. The molecular formula is C21H22ClN3OS. The molecule has 1 atom stereocenters. The molecule has 4 rings (SSSR count). The van der Waals surface area contributed by atoms with Gasteiger partial charge in [-0.15, -0.1) is 11.3 Å². The van der Waals surface area contributed by atoms with E-state index < -0.39 is 0 Å². The molecule has 1 aliphatic rings. The maximum Gasteiger partial charge on any atom is 0.238 e. The monoisotopic (exact) mass is 399 g/mol. The lowest BCUT2D eigenvalue weighted by atomic mass is 9.99. The lowest BCUT2D eigenvalue weighted by Crippen LogP contribution is -2.39. The molecule has 4 nitrogen and oxygen atoms in total. The van der Waals surface area contributed by atoms with Crippen molar-refractivity contribution in [2.45, 2.75) is 25.7 Å². The number of hydrogen-bond donors (Lipinski definition) is 1. The molecule has 6 heteroatoms. The number of anilines is 1. The first kappa shape index (κ1) is 18.4. The molecule has 140 valence electrons. The Kier molecular flexibility index (Phi) is 5.43. The van der Waals surface area contributed by atoms with E-state index in [9.17, 15) is 4.79 Å². The van der Waals surface area contributed by atoms with Crippen LogP contribution >= 0.6 is 22.9 Å². The van der Waals surface area contributed by atoms with Gasteiger partial charge in [-0.3, -0.25) is 9.69 Å². The predicted octanol–water partition coefficient (Wildman–Crippen LogP) is 5.08. The largest absolute Gasteiger partial charge is 0.325 e. The Morgan fingerprint density at radius 1 is 1.30 bits per heavy atom. The minimum atomic E-state index is 0.00492. The Morgan fingerprint density at radius 3 is 3.00 bits per heavy atom. The summed E-state index contributed by atoms with van der Waals surface area (Å²) in [5.41, 5.74) is 2.76. The highest BCUT2D eigenvalue weighted by Crippen LogP contribution is 2.33. The highest BCUT2D eigenvalue weighted by Gasteiger charge is 2.25. The minimum Gasteiger partial charge on any atom is -0.325 e. The summed E-state index contributed by atoms with van der Waals surface area (Å²) < 4.78 is 1.23. The van der Waals surface area contributed by atoms with Crippen molar-refractivity contribution >= 4 is 44.7 Å². The maximum atomic E-state index is 12.5. The van der Waals surface area contributed by atoms with E-state index in [1.165, 1.54) is 9.71 Å². The second-order valence-electron chi connectivity index (χ2n) is 7.05. The van der Waals surface area contributed by atoms with Gasteiger partial charge in [-0.1, -0.05) is 29.8 Å². The number of piperidine rings is 1. The van der Waals surface area contributed by atoms with Crippen LogP contribution in [-0.2, 0) is 4.79 Å². The molecule has 1 saturated heterocycles. The molecule has 27 heavy (non-hydrogen) atoms. The molecule has 2 heterocycles. The number of aromatic nitrogens is 1. The Labute approximate surface area is 168 Å². The van der Waals surface area contributed by atoms with Gasteiger partial charge in [-0.2, -0.15) is 0 Å². The van der Waals surface area contributed by atoms with Crippen LogP contribution in [0.5, 0.6) is 0 Å². The van der Waals surface area contributed by atoms with Crippen LogP contribution in [0.15, 0.2) is 42.5 Å². The first-order valence-corrected chi connectivity index (χ1v) is 10.4. The van der Waals surface area contributed by atoms with Crippen molar-refractivity contribution in [1.82, 2.24) is 9.88 Å². The van der Waals surface area contributed by atoms with Crippen LogP contribution in [-0.4, -0.2) is 35.4 Å². The van der Waals surface area contributed by atoms with Crippen LogP contribution in [0.2, 0.25) is 5.02 Å². The van der Waals surface area contributed by atoms with E-state index in [1.54, 1.807) is 11.3 Å². The summed E-state index contributed by atoms with van der Waals surface area (Å²) in [4.78, 5) is 19.6. The highest BCUT2D eigenvalue weighted by molar-refractivity contribution is 7.18. The van der Waals surface area contributed by atoms with Crippen LogP contribution in [0.1, 0.15) is 29.3 Å². The zero-order valence-electron chi connectivity index (χ0n) is 15.2. The van der Waals surface area contributed by atoms with Crippen molar-refractivity contribution in [2.75, 3.05) is 25.0 Å². The number of thiazole rings is 1. The highest BCUT2D eigenvalue weighted by atomic mass is 35.5. The molecule has 1 aliphatic heterocycles. The van der Waals surface area contributed by atoms with E-state index in [2.05, 4.69) is 28.4 Å². The molecule has 0 saturated carbocycles. The molecule has 1 N–H and O–H groups in total. The molecule has 0 radical (unpaired) electrons. The van der Waals surface area contributed by atoms with E-state index >= 15 is 0 Å². The molecule has 1 amide bonds. The standard InChI is InChI=1S/C21H22ClN3OS/c1-14-16(22)7-4-9-17(14)23-20(26)13-25-11-5-6-15(12-25)21-24-18-8-2-3-10-19(18)27-21/h2-4,7-10,15H,5-6,11-13H2,1H3,(H,23,26)/t15-/m1/s1. The number of fused-ring (bicyclic) bond motifs is 1. The van der Waals surface area contributed by atoms with E-state index in [0.29, 0.717) is 17.5 Å². The van der Waals surface area contributed by atoms with E-state index in [4.69, 9.17) is 16.6 Å². The number of carbonyl (C=O) groups excluding carboxylic acids is 1. The number of amides is 1. The average Bonchev–Trinajstić information content (AvgIpc) is 3.10. The van der Waals surface area contributed by atoms with Crippen molar-refractivity contribution in [3.63, 3.8) is 0 Å². The number of hydrogen-bond acceptors (Lipinski definition) is 4. The van der Waals surface area contributed by atoms with Gasteiger partial charge in [0.2, 0.25) is 5.91 Å². The Bertz CT molecular complexity index is 938. The van der Waals surface area contributed by atoms with Crippen molar-refractivity contribution in [3.8, 4) is 0 Å². The molecule has 0 spiro atoms. The summed E-state index contributed by atoms with van der Waals surface area (Å²) in [6, 6.07) is 13.9. The second-order valence-corrected chi connectivity index (χ2v) is 8.52. The van der Waals surface area contributed by atoms with E-state index in [-0.39, 0.29) is 5.91 Å². The smallest absolute Gasteiger partial charge is 0.238 e. The number of likely N-dealkylation sites (tertiary alicyclic amines) is 1. The summed E-state index contributed by atoms with van der Waals surface area (Å²) in [7, 11) is 0. The topological polar surface area (TPSA) is 45.2 Å². The number of benzene rings is 2. The molecule has 1 aromatic heterocycles. The van der Waals surface area contributed by atoms with Crippen molar-refractivity contribution in [3.05, 3.63) is 58.1 Å². The average molecular weight is 400 g/mol. The van der Waals surface area contributed by atoms with Gasteiger partial charge in [0.15, 0.2) is 0 Å². The SMILES string of the molecule is Cc1c(Cl)cccc1NC(=O)CN1CCC[C@@H](c2nc3ccccc3s2)C1. The minimum absolute atomic E-state index is 0.00492. The molecule has 0 unspecified atom stereocenters. The van der Waals surface area contributed by atoms with Crippen LogP contribution in [0.4, 0.5) is 5.69 Å². The first-order chi connectivity index (χ1) is 13.1.